The third-order valence-corrected chi connectivity index (χ3v) is 0.309. The van der Waals surface area contributed by atoms with E-state index in [0.29, 0.717) is 0 Å². The van der Waals surface area contributed by atoms with Gasteiger partial charge in [-0.2, -0.15) is 0 Å². The molecular formula is C4H6O2. The molecule has 2 heteroatoms. The van der Waals surface area contributed by atoms with Gasteiger partial charge in [0.1, 0.15) is 0 Å². The van der Waals surface area contributed by atoms with Crippen LogP contribution in [0.2, 0.25) is 0 Å². The van der Waals surface area contributed by atoms with Crippen LogP contribution in [0.1, 0.15) is 6.92 Å². The minimum absolute atomic E-state index is 0.141. The molecule has 0 aromatic carbocycles. The Morgan fingerprint density at radius 2 is 2.33 bits per heavy atom. The summed E-state index contributed by atoms with van der Waals surface area (Å²) < 4.78 is 0. The first-order chi connectivity index (χ1) is 2.77. The first-order valence-corrected chi connectivity index (χ1v) is 1.58. The number of carbonyl (C=O) groups is 1. The van der Waals surface area contributed by atoms with Crippen molar-refractivity contribution in [1.29, 1.82) is 0 Å². The zero-order valence-corrected chi connectivity index (χ0v) is 3.51. The van der Waals surface area contributed by atoms with Crippen LogP contribution in [0.15, 0.2) is 12.3 Å². The molecule has 0 radical (unpaired) electrons. The summed E-state index contributed by atoms with van der Waals surface area (Å²) in [5, 5.41) is 7.84. The van der Waals surface area contributed by atoms with Crippen LogP contribution in [-0.2, 0) is 4.79 Å². The van der Waals surface area contributed by atoms with Gasteiger partial charge in [0, 0.05) is 6.08 Å². The van der Waals surface area contributed by atoms with Gasteiger partial charge in [-0.3, -0.25) is 4.79 Å². The van der Waals surface area contributed by atoms with Crippen molar-refractivity contribution in [3.05, 3.63) is 12.3 Å². The highest BCUT2D eigenvalue weighted by Crippen LogP contribution is 1.66. The Hall–Kier alpha value is -0.790. The maximum Gasteiger partial charge on any atom is 0.155 e. The highest BCUT2D eigenvalue weighted by molar-refractivity contribution is 5.86. The average Bonchev–Trinajstić information content (AvgIpc) is 1.35. The molecule has 0 fully saturated rings. The van der Waals surface area contributed by atoms with Gasteiger partial charge in [0.05, 0.1) is 6.26 Å². The van der Waals surface area contributed by atoms with E-state index in [2.05, 4.69) is 0 Å². The molecule has 0 atom stereocenters. The van der Waals surface area contributed by atoms with Crippen LogP contribution in [0.25, 0.3) is 0 Å². The summed E-state index contributed by atoms with van der Waals surface area (Å²) in [6, 6.07) is 0. The number of aliphatic hydroxyl groups excluding tert-OH is 1. The van der Waals surface area contributed by atoms with Gasteiger partial charge < -0.3 is 5.11 Å². The summed E-state index contributed by atoms with van der Waals surface area (Å²) in [6.07, 6.45) is 1.81. The van der Waals surface area contributed by atoms with Gasteiger partial charge in [-0.05, 0) is 6.92 Å². The fraction of sp³-hybridized carbons (Fsp3) is 0.250. The summed E-state index contributed by atoms with van der Waals surface area (Å²) in [5.74, 6) is -0.141. The Balaban J connectivity index is 3.30. The van der Waals surface area contributed by atoms with Gasteiger partial charge in [-0.25, -0.2) is 0 Å². The minimum Gasteiger partial charge on any atom is -0.515 e. The van der Waals surface area contributed by atoms with Crippen LogP contribution in [0.5, 0.6) is 0 Å². The van der Waals surface area contributed by atoms with E-state index >= 15 is 0 Å². The van der Waals surface area contributed by atoms with E-state index in [4.69, 9.17) is 5.11 Å². The van der Waals surface area contributed by atoms with Crippen LogP contribution >= 0.6 is 0 Å². The molecule has 0 aromatic rings. The first-order valence-electron chi connectivity index (χ1n) is 1.58. The van der Waals surface area contributed by atoms with E-state index in [1.165, 1.54) is 6.92 Å². The van der Waals surface area contributed by atoms with Crippen LogP contribution < -0.4 is 0 Å². The predicted molar refractivity (Wildman–Crippen MR) is 22.4 cm³/mol. The maximum absolute atomic E-state index is 9.80. The second kappa shape index (κ2) is 2.45. The molecular weight excluding hydrogens is 80.0 g/mol. The largest absolute Gasteiger partial charge is 0.515 e. The van der Waals surface area contributed by atoms with Crippen molar-refractivity contribution in [3.8, 4) is 0 Å². The predicted octanol–water partition coefficient (Wildman–Crippen LogP) is 0.647. The highest BCUT2D eigenvalue weighted by Gasteiger charge is 1.74. The number of ketones is 1. The lowest BCUT2D eigenvalue weighted by Crippen LogP contribution is -1.77. The van der Waals surface area contributed by atoms with E-state index in [-0.39, 0.29) is 5.78 Å². The molecule has 2 nitrogen and oxygen atoms in total. The fourth-order valence-electron chi connectivity index (χ4n) is 0.105. The summed E-state index contributed by atoms with van der Waals surface area (Å²) in [5.41, 5.74) is 0. The van der Waals surface area contributed by atoms with Crippen LogP contribution in [0, 0.1) is 0 Å². The normalized spacial score (nSPS) is 9.50. The van der Waals surface area contributed by atoms with Gasteiger partial charge in [-0.15, -0.1) is 0 Å². The zero-order valence-electron chi connectivity index (χ0n) is 3.51. The van der Waals surface area contributed by atoms with E-state index in [0.717, 1.165) is 12.3 Å². The van der Waals surface area contributed by atoms with Gasteiger partial charge in [-0.1, -0.05) is 0 Å². The number of hydrogen-bond acceptors (Lipinski definition) is 2. The Bertz CT molecular complexity index is 73.6. The molecule has 0 amide bonds. The van der Waals surface area contributed by atoms with E-state index in [1.807, 2.05) is 0 Å². The number of allylic oxidation sites excluding steroid dienone is 1. The smallest absolute Gasteiger partial charge is 0.155 e. The second-order valence-corrected chi connectivity index (χ2v) is 0.926. The quantitative estimate of drug-likeness (QED) is 0.375. The summed E-state index contributed by atoms with van der Waals surface area (Å²) in [4.78, 5) is 9.80. The SMILES string of the molecule is CC(=O)/C=C/O. The molecule has 0 spiro atoms. The van der Waals surface area contributed by atoms with Gasteiger partial charge in [0.15, 0.2) is 5.78 Å². The molecule has 0 saturated carbocycles. The molecule has 0 unspecified atom stereocenters. The van der Waals surface area contributed by atoms with Crippen molar-refractivity contribution in [1.82, 2.24) is 0 Å². The molecule has 34 valence electrons. The van der Waals surface area contributed by atoms with Crippen LogP contribution in [0.3, 0.4) is 0 Å². The number of aliphatic hydroxyl groups is 1. The van der Waals surface area contributed by atoms with Crippen LogP contribution in [0.4, 0.5) is 0 Å². The second-order valence-electron chi connectivity index (χ2n) is 0.926. The third kappa shape index (κ3) is 3.21. The molecule has 0 aliphatic carbocycles. The molecule has 0 aliphatic rings. The molecule has 6 heavy (non-hydrogen) atoms. The molecule has 0 rings (SSSR count). The lowest BCUT2D eigenvalue weighted by molar-refractivity contribution is -0.112. The maximum atomic E-state index is 9.80. The van der Waals surface area contributed by atoms with Gasteiger partial charge in [0.2, 0.25) is 0 Å². The monoisotopic (exact) mass is 86.0 g/mol. The topological polar surface area (TPSA) is 37.3 Å². The van der Waals surface area contributed by atoms with Crippen molar-refractivity contribution in [2.45, 2.75) is 6.92 Å². The van der Waals surface area contributed by atoms with E-state index < -0.39 is 0 Å². The number of rotatable bonds is 1. The molecule has 0 saturated heterocycles. The van der Waals surface area contributed by atoms with Crippen molar-refractivity contribution in [2.24, 2.45) is 0 Å². The number of hydrogen-bond donors (Lipinski definition) is 1. The average molecular weight is 86.1 g/mol. The van der Waals surface area contributed by atoms with Crippen LogP contribution in [-0.4, -0.2) is 10.9 Å². The minimum atomic E-state index is -0.141. The van der Waals surface area contributed by atoms with Gasteiger partial charge in [0.25, 0.3) is 0 Å². The first kappa shape index (κ1) is 5.21. The summed E-state index contributed by atoms with van der Waals surface area (Å²) in [7, 11) is 0. The molecule has 0 heterocycles. The summed E-state index contributed by atoms with van der Waals surface area (Å²) in [6.45, 7) is 1.37. The van der Waals surface area contributed by atoms with Crippen molar-refractivity contribution in [2.75, 3.05) is 0 Å². The Morgan fingerprint density at radius 1 is 1.83 bits per heavy atom. The number of carbonyl (C=O) groups excluding carboxylic acids is 1. The van der Waals surface area contributed by atoms with Gasteiger partial charge >= 0.3 is 0 Å². The Morgan fingerprint density at radius 3 is 2.33 bits per heavy atom. The molecule has 0 bridgehead atoms. The van der Waals surface area contributed by atoms with Crippen molar-refractivity contribution >= 4 is 5.78 Å². The van der Waals surface area contributed by atoms with Crippen molar-refractivity contribution < 1.29 is 9.90 Å². The Kier molecular flexibility index (Phi) is 2.13. The van der Waals surface area contributed by atoms with E-state index in [9.17, 15) is 4.79 Å². The lowest BCUT2D eigenvalue weighted by Gasteiger charge is -1.68. The molecule has 1 N–H and O–H groups in total. The zero-order chi connectivity index (χ0) is 4.99. The van der Waals surface area contributed by atoms with Crippen molar-refractivity contribution in [3.63, 3.8) is 0 Å². The lowest BCUT2D eigenvalue weighted by atomic mass is 10.4. The standard InChI is InChI=1S/C4H6O2/c1-4(6)2-3-5/h2-3,5H,1H3/b3-2+. The molecule has 0 aliphatic heterocycles. The van der Waals surface area contributed by atoms with E-state index in [1.54, 1.807) is 0 Å². The highest BCUT2D eigenvalue weighted by atomic mass is 16.2. The molecule has 0 aromatic heterocycles. The fourth-order valence-corrected chi connectivity index (χ4v) is 0.105. The Labute approximate surface area is 36.1 Å². The summed E-state index contributed by atoms with van der Waals surface area (Å²) >= 11 is 0. The third-order valence-electron chi connectivity index (χ3n) is 0.309.